The fourth-order valence-corrected chi connectivity index (χ4v) is 3.39. The third-order valence-corrected chi connectivity index (χ3v) is 4.72. The van der Waals surface area contributed by atoms with Gasteiger partial charge in [-0.05, 0) is 41.5 Å². The van der Waals surface area contributed by atoms with Crippen LogP contribution in [-0.2, 0) is 13.1 Å². The Bertz CT molecular complexity index is 986. The smallest absolute Gasteiger partial charge is 0.252 e. The molecule has 1 unspecified atom stereocenters. The van der Waals surface area contributed by atoms with Crippen molar-refractivity contribution >= 4 is 23.8 Å². The molecule has 4 rings (SSSR count). The maximum atomic E-state index is 12.6. The van der Waals surface area contributed by atoms with Crippen LogP contribution in [0.4, 0.5) is 0 Å². The zero-order valence-electron chi connectivity index (χ0n) is 15.2. The fourth-order valence-electron chi connectivity index (χ4n) is 3.18. The Morgan fingerprint density at radius 3 is 2.71 bits per heavy atom. The molecule has 7 heteroatoms. The third-order valence-electron chi connectivity index (χ3n) is 4.48. The summed E-state index contributed by atoms with van der Waals surface area (Å²) in [6.07, 6.45) is 5.15. The van der Waals surface area contributed by atoms with Crippen LogP contribution < -0.4 is 5.32 Å². The van der Waals surface area contributed by atoms with Crippen LogP contribution in [-0.4, -0.2) is 39.6 Å². The highest BCUT2D eigenvalue weighted by molar-refractivity contribution is 6.30. The van der Waals surface area contributed by atoms with Gasteiger partial charge in [0.2, 0.25) is 0 Å². The van der Waals surface area contributed by atoms with Crippen LogP contribution >= 0.6 is 11.6 Å². The first-order valence-electron chi connectivity index (χ1n) is 9.05. The van der Waals surface area contributed by atoms with E-state index in [2.05, 4.69) is 20.3 Å². The summed E-state index contributed by atoms with van der Waals surface area (Å²) in [5.41, 5.74) is 2.75. The number of amides is 1. The van der Waals surface area contributed by atoms with Gasteiger partial charge in [0.25, 0.3) is 5.91 Å². The predicted molar refractivity (Wildman–Crippen MR) is 109 cm³/mol. The van der Waals surface area contributed by atoms with Gasteiger partial charge in [0.15, 0.2) is 0 Å². The number of rotatable bonds is 6. The number of benzene rings is 2. The molecule has 0 aliphatic carbocycles. The van der Waals surface area contributed by atoms with E-state index in [-0.39, 0.29) is 12.1 Å². The van der Waals surface area contributed by atoms with Crippen LogP contribution in [0.3, 0.4) is 0 Å². The lowest BCUT2D eigenvalue weighted by molar-refractivity contribution is 0.0936. The average molecular weight is 394 g/mol. The molecule has 0 fully saturated rings. The summed E-state index contributed by atoms with van der Waals surface area (Å²) in [7, 11) is 0. The van der Waals surface area contributed by atoms with Gasteiger partial charge in [-0.1, -0.05) is 35.9 Å². The summed E-state index contributed by atoms with van der Waals surface area (Å²) < 4.78 is 1.83. The standard InChI is InChI=1S/C21H20ClN5O/c22-19-7-2-5-17(11-19)12-26-14-20(23-15-26)25-21(28)18-6-1-4-16(10-18)13-27-9-3-8-24-27/h1-11,15,20H,12-14H2,(H,25,28). The minimum absolute atomic E-state index is 0.130. The summed E-state index contributed by atoms with van der Waals surface area (Å²) in [6.45, 7) is 1.96. The Kier molecular flexibility index (Phi) is 5.39. The van der Waals surface area contributed by atoms with Gasteiger partial charge in [-0.25, -0.2) is 4.99 Å². The normalized spacial score (nSPS) is 15.8. The number of aromatic nitrogens is 2. The van der Waals surface area contributed by atoms with E-state index < -0.39 is 0 Å². The van der Waals surface area contributed by atoms with Gasteiger partial charge in [-0.2, -0.15) is 5.10 Å². The lowest BCUT2D eigenvalue weighted by Gasteiger charge is -2.17. The van der Waals surface area contributed by atoms with E-state index >= 15 is 0 Å². The summed E-state index contributed by atoms with van der Waals surface area (Å²) in [5, 5.41) is 7.90. The molecule has 28 heavy (non-hydrogen) atoms. The van der Waals surface area contributed by atoms with Crippen LogP contribution in [0.5, 0.6) is 0 Å². The largest absolute Gasteiger partial charge is 0.355 e. The second-order valence-electron chi connectivity index (χ2n) is 6.72. The quantitative estimate of drug-likeness (QED) is 0.699. The third kappa shape index (κ3) is 4.58. The Morgan fingerprint density at radius 1 is 1.11 bits per heavy atom. The Balaban J connectivity index is 1.33. The molecule has 0 radical (unpaired) electrons. The lowest BCUT2D eigenvalue weighted by Crippen LogP contribution is -2.37. The molecule has 142 valence electrons. The van der Waals surface area contributed by atoms with Crippen LogP contribution in [0, 0.1) is 0 Å². The van der Waals surface area contributed by atoms with Gasteiger partial charge in [0.1, 0.15) is 6.17 Å². The lowest BCUT2D eigenvalue weighted by atomic mass is 10.1. The zero-order chi connectivity index (χ0) is 19.3. The number of carbonyl (C=O) groups is 1. The Hall–Kier alpha value is -3.12. The molecule has 0 saturated heterocycles. The molecule has 1 aliphatic rings. The monoisotopic (exact) mass is 393 g/mol. The number of halogens is 1. The van der Waals surface area contributed by atoms with Crippen molar-refractivity contribution in [3.05, 3.63) is 88.7 Å². The molecule has 2 heterocycles. The van der Waals surface area contributed by atoms with Crippen LogP contribution in [0.2, 0.25) is 5.02 Å². The van der Waals surface area contributed by atoms with Gasteiger partial charge in [0, 0.05) is 29.5 Å². The minimum atomic E-state index is -0.263. The van der Waals surface area contributed by atoms with Crippen molar-refractivity contribution in [3.8, 4) is 0 Å². The van der Waals surface area contributed by atoms with Gasteiger partial charge in [-0.15, -0.1) is 0 Å². The summed E-state index contributed by atoms with van der Waals surface area (Å²) in [5.74, 6) is -0.130. The highest BCUT2D eigenvalue weighted by Crippen LogP contribution is 2.14. The molecule has 3 aromatic rings. The average Bonchev–Trinajstić information content (AvgIpc) is 3.34. The van der Waals surface area contributed by atoms with Crippen molar-refractivity contribution in [1.82, 2.24) is 20.0 Å². The summed E-state index contributed by atoms with van der Waals surface area (Å²) in [4.78, 5) is 19.1. The maximum absolute atomic E-state index is 12.6. The van der Waals surface area contributed by atoms with Gasteiger partial charge in [0.05, 0.1) is 19.4 Å². The first-order valence-corrected chi connectivity index (χ1v) is 9.42. The van der Waals surface area contributed by atoms with Crippen LogP contribution in [0.15, 0.2) is 72.0 Å². The van der Waals surface area contributed by atoms with E-state index in [0.29, 0.717) is 30.2 Å². The van der Waals surface area contributed by atoms with E-state index in [1.165, 1.54) is 0 Å². The molecule has 0 bridgehead atoms. The Labute approximate surface area is 168 Å². The molecule has 1 aromatic heterocycles. The van der Waals surface area contributed by atoms with Gasteiger partial charge >= 0.3 is 0 Å². The van der Waals surface area contributed by atoms with Crippen molar-refractivity contribution in [1.29, 1.82) is 0 Å². The van der Waals surface area contributed by atoms with Gasteiger partial charge < -0.3 is 10.2 Å². The van der Waals surface area contributed by atoms with Crippen molar-refractivity contribution in [2.24, 2.45) is 4.99 Å². The molecule has 1 amide bonds. The van der Waals surface area contributed by atoms with E-state index in [9.17, 15) is 4.79 Å². The van der Waals surface area contributed by atoms with Crippen molar-refractivity contribution in [2.75, 3.05) is 6.54 Å². The van der Waals surface area contributed by atoms with E-state index in [0.717, 1.165) is 11.1 Å². The van der Waals surface area contributed by atoms with E-state index in [1.54, 1.807) is 12.5 Å². The molecule has 0 saturated carbocycles. The van der Waals surface area contributed by atoms with E-state index in [4.69, 9.17) is 11.6 Å². The molecule has 1 N–H and O–H groups in total. The number of aliphatic imine (C=N–C) groups is 1. The topological polar surface area (TPSA) is 62.5 Å². The fraction of sp³-hybridized carbons (Fsp3) is 0.190. The molecule has 2 aromatic carbocycles. The molecule has 0 spiro atoms. The molecular weight excluding hydrogens is 374 g/mol. The van der Waals surface area contributed by atoms with Crippen LogP contribution in [0.1, 0.15) is 21.5 Å². The SMILES string of the molecule is O=C(NC1CN(Cc2cccc(Cl)c2)C=N1)c1cccc(Cn2cccn2)c1. The van der Waals surface area contributed by atoms with Crippen molar-refractivity contribution in [3.63, 3.8) is 0 Å². The molecular formula is C21H20ClN5O. The first kappa shape index (κ1) is 18.3. The number of carbonyl (C=O) groups excluding carboxylic acids is 1. The molecule has 1 atom stereocenters. The van der Waals surface area contributed by atoms with Gasteiger partial charge in [-0.3, -0.25) is 9.48 Å². The highest BCUT2D eigenvalue weighted by atomic mass is 35.5. The van der Waals surface area contributed by atoms with Crippen molar-refractivity contribution in [2.45, 2.75) is 19.3 Å². The van der Waals surface area contributed by atoms with Crippen molar-refractivity contribution < 1.29 is 4.79 Å². The maximum Gasteiger partial charge on any atom is 0.252 e. The number of hydrogen-bond acceptors (Lipinski definition) is 4. The highest BCUT2D eigenvalue weighted by Gasteiger charge is 2.20. The minimum Gasteiger partial charge on any atom is -0.355 e. The predicted octanol–water partition coefficient (Wildman–Crippen LogP) is 3.18. The number of nitrogens with zero attached hydrogens (tertiary/aromatic N) is 4. The number of nitrogens with one attached hydrogen (secondary N) is 1. The summed E-state index contributed by atoms with van der Waals surface area (Å²) in [6, 6.07) is 17.2. The Morgan fingerprint density at radius 2 is 1.93 bits per heavy atom. The van der Waals surface area contributed by atoms with Crippen LogP contribution in [0.25, 0.3) is 0 Å². The summed E-state index contributed by atoms with van der Waals surface area (Å²) >= 11 is 6.04. The molecule has 1 aliphatic heterocycles. The zero-order valence-corrected chi connectivity index (χ0v) is 16.0. The number of hydrogen-bond donors (Lipinski definition) is 1. The first-order chi connectivity index (χ1) is 13.7. The second kappa shape index (κ2) is 8.27. The van der Waals surface area contributed by atoms with E-state index in [1.807, 2.05) is 65.5 Å². The second-order valence-corrected chi connectivity index (χ2v) is 7.15. The molecule has 6 nitrogen and oxygen atoms in total.